The highest BCUT2D eigenvalue weighted by atomic mass is 16.5. The van der Waals surface area contributed by atoms with Crippen molar-refractivity contribution in [1.29, 1.82) is 0 Å². The van der Waals surface area contributed by atoms with E-state index in [2.05, 4.69) is 36.2 Å². The molecule has 0 aliphatic carbocycles. The molecule has 0 aliphatic rings. The van der Waals surface area contributed by atoms with Crippen molar-refractivity contribution in [3.8, 4) is 0 Å². The Morgan fingerprint density at radius 3 is 2.47 bits per heavy atom. The van der Waals surface area contributed by atoms with Crippen LogP contribution >= 0.6 is 0 Å². The largest absolute Gasteiger partial charge is 0.339 e. The van der Waals surface area contributed by atoms with Crippen LogP contribution in [0, 0.1) is 5.41 Å². The molecule has 0 aliphatic heterocycles. The van der Waals surface area contributed by atoms with E-state index in [1.807, 2.05) is 26.0 Å². The van der Waals surface area contributed by atoms with Crippen molar-refractivity contribution in [3.63, 3.8) is 0 Å². The molecule has 1 atom stereocenters. The SMILES string of the molecule is CNC(Cc1nc(CN(C)C)no1)C(C)(C)C. The van der Waals surface area contributed by atoms with Gasteiger partial charge in [0.1, 0.15) is 0 Å². The molecule has 0 radical (unpaired) electrons. The van der Waals surface area contributed by atoms with Gasteiger partial charge in [-0.25, -0.2) is 0 Å². The summed E-state index contributed by atoms with van der Waals surface area (Å²) in [6, 6.07) is 0.329. The van der Waals surface area contributed by atoms with Gasteiger partial charge in [0.2, 0.25) is 5.89 Å². The van der Waals surface area contributed by atoms with Crippen LogP contribution in [-0.2, 0) is 13.0 Å². The van der Waals surface area contributed by atoms with Crippen LogP contribution in [0.25, 0.3) is 0 Å². The monoisotopic (exact) mass is 240 g/mol. The molecule has 1 N–H and O–H groups in total. The van der Waals surface area contributed by atoms with Crippen LogP contribution in [-0.4, -0.2) is 42.2 Å². The van der Waals surface area contributed by atoms with Crippen molar-refractivity contribution < 1.29 is 4.52 Å². The van der Waals surface area contributed by atoms with E-state index in [9.17, 15) is 0 Å². The van der Waals surface area contributed by atoms with Gasteiger partial charge in [-0.3, -0.25) is 0 Å². The fraction of sp³-hybridized carbons (Fsp3) is 0.833. The molecule has 17 heavy (non-hydrogen) atoms. The zero-order valence-corrected chi connectivity index (χ0v) is 11.7. The van der Waals surface area contributed by atoms with Gasteiger partial charge < -0.3 is 14.7 Å². The van der Waals surface area contributed by atoms with Crippen LogP contribution in [0.15, 0.2) is 4.52 Å². The van der Waals surface area contributed by atoms with Crippen molar-refractivity contribution in [2.75, 3.05) is 21.1 Å². The molecule has 5 heteroatoms. The van der Waals surface area contributed by atoms with E-state index >= 15 is 0 Å². The third-order valence-electron chi connectivity index (χ3n) is 2.74. The maximum absolute atomic E-state index is 5.27. The van der Waals surface area contributed by atoms with Crippen molar-refractivity contribution in [1.82, 2.24) is 20.4 Å². The number of nitrogens with zero attached hydrogens (tertiary/aromatic N) is 3. The van der Waals surface area contributed by atoms with Crippen LogP contribution in [0.2, 0.25) is 0 Å². The second-order valence-corrected chi connectivity index (χ2v) is 5.75. The molecule has 0 saturated carbocycles. The first-order chi connectivity index (χ1) is 7.82. The summed E-state index contributed by atoms with van der Waals surface area (Å²) in [5.41, 5.74) is 0.172. The molecule has 1 heterocycles. The molecule has 1 aromatic rings. The van der Waals surface area contributed by atoms with Crippen molar-refractivity contribution in [2.24, 2.45) is 5.41 Å². The van der Waals surface area contributed by atoms with E-state index < -0.39 is 0 Å². The van der Waals surface area contributed by atoms with Gasteiger partial charge in [-0.05, 0) is 26.6 Å². The Kier molecular flexibility index (Phi) is 4.65. The third-order valence-corrected chi connectivity index (χ3v) is 2.74. The molecule has 0 fully saturated rings. The first kappa shape index (κ1) is 14.1. The van der Waals surface area contributed by atoms with Crippen LogP contribution in [0.1, 0.15) is 32.5 Å². The maximum Gasteiger partial charge on any atom is 0.228 e. The Hall–Kier alpha value is -0.940. The van der Waals surface area contributed by atoms with E-state index in [1.54, 1.807) is 0 Å². The Morgan fingerprint density at radius 2 is 2.00 bits per heavy atom. The number of likely N-dealkylation sites (N-methyl/N-ethyl adjacent to an activating group) is 1. The molecule has 0 amide bonds. The Morgan fingerprint density at radius 1 is 1.35 bits per heavy atom. The minimum Gasteiger partial charge on any atom is -0.339 e. The number of nitrogens with one attached hydrogen (secondary N) is 1. The summed E-state index contributed by atoms with van der Waals surface area (Å²) in [5, 5.41) is 7.27. The molecular weight excluding hydrogens is 216 g/mol. The molecule has 0 aromatic carbocycles. The van der Waals surface area contributed by atoms with Crippen LogP contribution in [0.5, 0.6) is 0 Å². The summed E-state index contributed by atoms with van der Waals surface area (Å²) in [5.74, 6) is 1.45. The predicted molar refractivity (Wildman–Crippen MR) is 67.7 cm³/mol. The molecule has 1 rings (SSSR count). The quantitative estimate of drug-likeness (QED) is 0.841. The molecule has 0 saturated heterocycles. The van der Waals surface area contributed by atoms with Gasteiger partial charge in [-0.1, -0.05) is 25.9 Å². The fourth-order valence-corrected chi connectivity index (χ4v) is 1.74. The average Bonchev–Trinajstić information content (AvgIpc) is 2.59. The van der Waals surface area contributed by atoms with Gasteiger partial charge in [-0.15, -0.1) is 0 Å². The molecule has 98 valence electrons. The second-order valence-electron chi connectivity index (χ2n) is 5.75. The Labute approximate surface area is 104 Å². The van der Waals surface area contributed by atoms with Crippen LogP contribution < -0.4 is 5.32 Å². The number of hydrogen-bond donors (Lipinski definition) is 1. The fourth-order valence-electron chi connectivity index (χ4n) is 1.74. The summed E-state index contributed by atoms with van der Waals surface area (Å²) >= 11 is 0. The normalized spacial score (nSPS) is 14.3. The van der Waals surface area contributed by atoms with E-state index in [-0.39, 0.29) is 5.41 Å². The lowest BCUT2D eigenvalue weighted by Gasteiger charge is -2.29. The molecule has 0 spiro atoms. The highest BCUT2D eigenvalue weighted by molar-refractivity contribution is 4.92. The zero-order valence-electron chi connectivity index (χ0n) is 11.7. The van der Waals surface area contributed by atoms with Gasteiger partial charge in [0.15, 0.2) is 5.82 Å². The maximum atomic E-state index is 5.27. The highest BCUT2D eigenvalue weighted by Gasteiger charge is 2.25. The van der Waals surface area contributed by atoms with Gasteiger partial charge in [0.05, 0.1) is 6.54 Å². The third kappa shape index (κ3) is 4.44. The highest BCUT2D eigenvalue weighted by Crippen LogP contribution is 2.21. The summed E-state index contributed by atoms with van der Waals surface area (Å²) in [4.78, 5) is 6.41. The number of rotatable bonds is 5. The summed E-state index contributed by atoms with van der Waals surface area (Å²) in [7, 11) is 5.94. The molecular formula is C12H24N4O. The minimum absolute atomic E-state index is 0.172. The average molecular weight is 240 g/mol. The lowest BCUT2D eigenvalue weighted by atomic mass is 9.85. The molecule has 1 aromatic heterocycles. The Balaban J connectivity index is 2.65. The smallest absolute Gasteiger partial charge is 0.228 e. The van der Waals surface area contributed by atoms with Crippen LogP contribution in [0.3, 0.4) is 0 Å². The number of hydrogen-bond acceptors (Lipinski definition) is 5. The molecule has 1 unspecified atom stereocenters. The summed E-state index contributed by atoms with van der Waals surface area (Å²) in [6.07, 6.45) is 0.764. The lowest BCUT2D eigenvalue weighted by Crippen LogP contribution is -2.39. The van der Waals surface area contributed by atoms with E-state index in [1.165, 1.54) is 0 Å². The lowest BCUT2D eigenvalue weighted by molar-refractivity contribution is 0.254. The van der Waals surface area contributed by atoms with Crippen LogP contribution in [0.4, 0.5) is 0 Å². The first-order valence-electron chi connectivity index (χ1n) is 5.96. The van der Waals surface area contributed by atoms with E-state index in [0.717, 1.165) is 12.2 Å². The van der Waals surface area contributed by atoms with Crippen molar-refractivity contribution >= 4 is 0 Å². The summed E-state index contributed by atoms with van der Waals surface area (Å²) < 4.78 is 5.27. The second kappa shape index (κ2) is 5.60. The predicted octanol–water partition coefficient (Wildman–Crippen LogP) is 1.31. The first-order valence-corrected chi connectivity index (χ1v) is 5.96. The summed E-state index contributed by atoms with van der Waals surface area (Å²) in [6.45, 7) is 7.31. The Bertz CT molecular complexity index is 341. The minimum atomic E-state index is 0.172. The standard InChI is InChI=1S/C12H24N4O/c1-12(2,3)9(13-4)7-11-14-10(15-17-11)8-16(5)6/h9,13H,7-8H2,1-6H3. The van der Waals surface area contributed by atoms with Gasteiger partial charge in [0.25, 0.3) is 0 Å². The van der Waals surface area contributed by atoms with Gasteiger partial charge in [0, 0.05) is 12.5 Å². The van der Waals surface area contributed by atoms with Crippen molar-refractivity contribution in [2.45, 2.75) is 39.8 Å². The van der Waals surface area contributed by atoms with Gasteiger partial charge in [-0.2, -0.15) is 4.98 Å². The molecule has 5 nitrogen and oxygen atoms in total. The number of aromatic nitrogens is 2. The van der Waals surface area contributed by atoms with Gasteiger partial charge >= 0.3 is 0 Å². The van der Waals surface area contributed by atoms with E-state index in [4.69, 9.17) is 4.52 Å². The molecule has 0 bridgehead atoms. The zero-order chi connectivity index (χ0) is 13.1. The topological polar surface area (TPSA) is 54.2 Å². The van der Waals surface area contributed by atoms with E-state index in [0.29, 0.717) is 18.5 Å². The van der Waals surface area contributed by atoms with Crippen molar-refractivity contribution in [3.05, 3.63) is 11.7 Å².